The van der Waals surface area contributed by atoms with Gasteiger partial charge in [-0.25, -0.2) is 8.78 Å². The van der Waals surface area contributed by atoms with Gasteiger partial charge >= 0.3 is 0 Å². The van der Waals surface area contributed by atoms with Gasteiger partial charge in [-0.3, -0.25) is 14.2 Å². The van der Waals surface area contributed by atoms with Gasteiger partial charge in [0, 0.05) is 28.8 Å². The van der Waals surface area contributed by atoms with Crippen molar-refractivity contribution in [2.45, 2.75) is 6.54 Å². The Labute approximate surface area is 189 Å². The average molecular weight is 506 g/mol. The first-order chi connectivity index (χ1) is 14.7. The van der Waals surface area contributed by atoms with Gasteiger partial charge in [0.05, 0.1) is 10.1 Å². The lowest BCUT2D eigenvalue weighted by atomic mass is 10.1. The molecule has 0 spiro atoms. The summed E-state index contributed by atoms with van der Waals surface area (Å²) in [7, 11) is 3.79. The maximum absolute atomic E-state index is 13.6. The molecular weight excluding hydrogens is 488 g/mol. The third kappa shape index (κ3) is 4.26. The summed E-state index contributed by atoms with van der Waals surface area (Å²) < 4.78 is 30.2. The van der Waals surface area contributed by atoms with E-state index >= 15 is 0 Å². The second-order valence-corrected chi connectivity index (χ2v) is 9.31. The maximum Gasteiger partial charge on any atom is 0.269 e. The van der Waals surface area contributed by atoms with E-state index in [1.54, 1.807) is 10.6 Å². The Morgan fingerprint density at radius 2 is 1.90 bits per heavy atom. The third-order valence-corrected chi connectivity index (χ3v) is 6.48. The van der Waals surface area contributed by atoms with Crippen LogP contribution in [0.25, 0.3) is 11.6 Å². The van der Waals surface area contributed by atoms with Crippen LogP contribution in [0.2, 0.25) is 0 Å². The number of thiazole rings is 1. The van der Waals surface area contributed by atoms with E-state index in [0.717, 1.165) is 27.9 Å². The van der Waals surface area contributed by atoms with Gasteiger partial charge < -0.3 is 10.2 Å². The molecule has 160 valence electrons. The van der Waals surface area contributed by atoms with Crippen LogP contribution < -0.4 is 20.1 Å². The molecule has 0 bridgehead atoms. The molecule has 2 aromatic carbocycles. The van der Waals surface area contributed by atoms with Crippen molar-refractivity contribution in [3.8, 4) is 0 Å². The first-order valence-electron chi connectivity index (χ1n) is 9.41. The number of nitrogens with one attached hydrogen (secondary N) is 1. The zero-order chi connectivity index (χ0) is 22.3. The maximum atomic E-state index is 13.6. The summed E-state index contributed by atoms with van der Waals surface area (Å²) in [5.41, 5.74) is 1.89. The van der Waals surface area contributed by atoms with Crippen LogP contribution in [0.5, 0.6) is 0 Å². The monoisotopic (exact) mass is 505 g/mol. The molecule has 0 radical (unpaired) electrons. The summed E-state index contributed by atoms with van der Waals surface area (Å²) in [4.78, 5) is 28.0. The summed E-state index contributed by atoms with van der Waals surface area (Å²) in [5.74, 6) is -2.22. The standard InChI is InChI=1S/C22H18BrF2N3O2S/c1-27(2)7-8-28-21(30)18(10-12-3-5-15(24)16(25)9-12)31-22(28)19-14-11-13(23)4-6-17(14)26-20(19)29/h3-6,9-11H,7-8H2,1-2H3,(H,26,29)/b18-10+,22-19+. The van der Waals surface area contributed by atoms with E-state index in [4.69, 9.17) is 0 Å². The highest BCUT2D eigenvalue weighted by molar-refractivity contribution is 9.10. The molecule has 5 nitrogen and oxygen atoms in total. The van der Waals surface area contributed by atoms with Gasteiger partial charge in [0.1, 0.15) is 4.66 Å². The van der Waals surface area contributed by atoms with Crippen molar-refractivity contribution >= 4 is 50.5 Å². The fourth-order valence-corrected chi connectivity index (χ4v) is 4.86. The van der Waals surface area contributed by atoms with Crippen LogP contribution in [0.15, 0.2) is 45.7 Å². The summed E-state index contributed by atoms with van der Waals surface area (Å²) in [6.45, 7) is 0.970. The van der Waals surface area contributed by atoms with E-state index in [2.05, 4.69) is 21.2 Å². The number of benzene rings is 2. The zero-order valence-electron chi connectivity index (χ0n) is 16.7. The highest BCUT2D eigenvalue weighted by Crippen LogP contribution is 2.32. The SMILES string of the molecule is CN(C)CCn1c(=O)/c(=C\c2ccc(F)c(F)c2)s/c1=C1/C(=O)Nc2ccc(Br)cc21. The number of fused-ring (bicyclic) bond motifs is 1. The number of likely N-dealkylation sites (N-methyl/N-ethyl adjacent to an activating group) is 1. The first-order valence-corrected chi connectivity index (χ1v) is 11.0. The molecule has 1 aromatic heterocycles. The summed E-state index contributed by atoms with van der Waals surface area (Å²) in [6, 6.07) is 8.94. The van der Waals surface area contributed by atoms with Crippen molar-refractivity contribution in [3.05, 3.63) is 83.2 Å². The molecule has 0 atom stereocenters. The van der Waals surface area contributed by atoms with Crippen molar-refractivity contribution in [1.82, 2.24) is 9.47 Å². The smallest absolute Gasteiger partial charge is 0.269 e. The van der Waals surface area contributed by atoms with Gasteiger partial charge in [0.2, 0.25) is 0 Å². The van der Waals surface area contributed by atoms with Gasteiger partial charge in [-0.1, -0.05) is 22.0 Å². The van der Waals surface area contributed by atoms with Crippen LogP contribution in [0, 0.1) is 11.6 Å². The molecule has 31 heavy (non-hydrogen) atoms. The van der Waals surface area contributed by atoms with Gasteiger partial charge in [-0.2, -0.15) is 0 Å². The number of anilines is 1. The van der Waals surface area contributed by atoms with Crippen LogP contribution in [0.1, 0.15) is 11.1 Å². The quantitative estimate of drug-likeness (QED) is 0.592. The minimum Gasteiger partial charge on any atom is -0.321 e. The molecule has 1 aliphatic heterocycles. The number of halogens is 3. The Morgan fingerprint density at radius 1 is 1.13 bits per heavy atom. The first kappa shape index (κ1) is 21.6. The van der Waals surface area contributed by atoms with Crippen molar-refractivity contribution in [2.75, 3.05) is 26.0 Å². The predicted octanol–water partition coefficient (Wildman–Crippen LogP) is 2.49. The number of amides is 1. The van der Waals surface area contributed by atoms with E-state index in [1.807, 2.05) is 31.1 Å². The molecule has 0 aliphatic carbocycles. The Kier molecular flexibility index (Phi) is 5.92. The molecule has 1 N–H and O–H groups in total. The molecule has 0 unspecified atom stereocenters. The predicted molar refractivity (Wildman–Crippen MR) is 122 cm³/mol. The zero-order valence-corrected chi connectivity index (χ0v) is 19.1. The molecule has 9 heteroatoms. The topological polar surface area (TPSA) is 54.3 Å². The number of hydrogen-bond acceptors (Lipinski definition) is 4. The Morgan fingerprint density at radius 3 is 2.61 bits per heavy atom. The van der Waals surface area contributed by atoms with Crippen LogP contribution in [-0.2, 0) is 11.3 Å². The highest BCUT2D eigenvalue weighted by Gasteiger charge is 2.27. The average Bonchev–Trinajstić information content (AvgIpc) is 3.18. The van der Waals surface area contributed by atoms with Crippen molar-refractivity contribution in [1.29, 1.82) is 0 Å². The highest BCUT2D eigenvalue weighted by atomic mass is 79.9. The number of carbonyl (C=O) groups excluding carboxylic acids is 1. The fourth-order valence-electron chi connectivity index (χ4n) is 3.31. The van der Waals surface area contributed by atoms with E-state index < -0.39 is 11.6 Å². The third-order valence-electron chi connectivity index (χ3n) is 4.86. The number of rotatable bonds is 4. The summed E-state index contributed by atoms with van der Waals surface area (Å²) in [5, 5.41) is 2.84. The lowest BCUT2D eigenvalue weighted by molar-refractivity contribution is -0.110. The lowest BCUT2D eigenvalue weighted by Gasteiger charge is -2.10. The van der Waals surface area contributed by atoms with Crippen molar-refractivity contribution in [2.24, 2.45) is 0 Å². The van der Waals surface area contributed by atoms with Crippen LogP contribution in [-0.4, -0.2) is 36.0 Å². The van der Waals surface area contributed by atoms with Crippen LogP contribution >= 0.6 is 27.3 Å². The van der Waals surface area contributed by atoms with Crippen molar-refractivity contribution < 1.29 is 13.6 Å². The Bertz CT molecular complexity index is 1380. The molecule has 4 rings (SSSR count). The molecule has 0 saturated heterocycles. The molecule has 0 saturated carbocycles. The number of nitrogens with zero attached hydrogens (tertiary/aromatic N) is 2. The largest absolute Gasteiger partial charge is 0.321 e. The number of hydrogen-bond donors (Lipinski definition) is 1. The van der Waals surface area contributed by atoms with Crippen LogP contribution in [0.3, 0.4) is 0 Å². The second kappa shape index (κ2) is 8.49. The van der Waals surface area contributed by atoms with Gasteiger partial charge in [0.25, 0.3) is 11.5 Å². The molecular formula is C22H18BrF2N3O2S. The van der Waals surface area contributed by atoms with E-state index in [9.17, 15) is 18.4 Å². The van der Waals surface area contributed by atoms with Gasteiger partial charge in [-0.15, -0.1) is 11.3 Å². The fraction of sp³-hybridized carbons (Fsp3) is 0.182. The molecule has 1 aliphatic rings. The molecule has 1 amide bonds. The number of aromatic nitrogens is 1. The minimum atomic E-state index is -0.984. The van der Waals surface area contributed by atoms with Gasteiger partial charge in [-0.05, 0) is 56.1 Å². The molecule has 3 aromatic rings. The Balaban J connectivity index is 2.00. The normalized spacial score (nSPS) is 15.5. The van der Waals surface area contributed by atoms with Gasteiger partial charge in [0.15, 0.2) is 11.6 Å². The second-order valence-electron chi connectivity index (χ2n) is 7.37. The Hall–Kier alpha value is -2.62. The minimum absolute atomic E-state index is 0.282. The van der Waals surface area contributed by atoms with E-state index in [-0.39, 0.29) is 11.5 Å². The lowest BCUT2D eigenvalue weighted by Crippen LogP contribution is -2.36. The number of carbonyl (C=O) groups is 1. The summed E-state index contributed by atoms with van der Waals surface area (Å²) in [6.07, 6.45) is 1.51. The molecule has 2 heterocycles. The van der Waals surface area contributed by atoms with E-state index in [0.29, 0.717) is 44.7 Å². The molecule has 0 fully saturated rings. The van der Waals surface area contributed by atoms with E-state index in [1.165, 1.54) is 12.1 Å². The summed E-state index contributed by atoms with van der Waals surface area (Å²) >= 11 is 4.59. The van der Waals surface area contributed by atoms with Crippen molar-refractivity contribution in [3.63, 3.8) is 0 Å². The van der Waals surface area contributed by atoms with Crippen LogP contribution in [0.4, 0.5) is 14.5 Å².